The number of fused-ring (bicyclic) bond motifs is 1. The summed E-state index contributed by atoms with van der Waals surface area (Å²) in [5.41, 5.74) is 2.55. The molecule has 28 heavy (non-hydrogen) atoms. The van der Waals surface area contributed by atoms with Gasteiger partial charge in [-0.15, -0.1) is 0 Å². The second-order valence-electron chi connectivity index (χ2n) is 6.98. The van der Waals surface area contributed by atoms with E-state index in [-0.39, 0.29) is 18.1 Å². The molecule has 146 valence electrons. The number of hydrogen-bond donors (Lipinski definition) is 4. The fourth-order valence-corrected chi connectivity index (χ4v) is 3.92. The number of benzene rings is 2. The van der Waals surface area contributed by atoms with Crippen LogP contribution >= 0.6 is 23.2 Å². The monoisotopic (exact) mass is 417 g/mol. The van der Waals surface area contributed by atoms with Crippen LogP contribution in [0.2, 0.25) is 10.0 Å². The van der Waals surface area contributed by atoms with Gasteiger partial charge in [0.05, 0.1) is 27.8 Å². The first-order valence-corrected chi connectivity index (χ1v) is 10.0. The fourth-order valence-electron chi connectivity index (χ4n) is 3.61. The second kappa shape index (κ2) is 8.39. The van der Waals surface area contributed by atoms with E-state index in [1.807, 2.05) is 30.3 Å². The standard InChI is InChI=1S/C20H21Cl2N5O/c21-15-6-4-12(10-16(15)22)19(18-3-1-2-8-23-18)26-20(28)25-14-5-7-17-13(9-14)11-24-27-17/h4-7,9-11,18-19,23H,1-3,8H2,(H,24,27)(H2,25,26,28)/t18-,19-/m0/s1. The molecule has 0 saturated carbocycles. The highest BCUT2D eigenvalue weighted by atomic mass is 35.5. The quantitative estimate of drug-likeness (QED) is 0.488. The molecular weight excluding hydrogens is 397 g/mol. The Kier molecular flexibility index (Phi) is 5.71. The Morgan fingerprint density at radius 3 is 2.82 bits per heavy atom. The van der Waals surface area contributed by atoms with Crippen LogP contribution in [-0.4, -0.2) is 28.8 Å². The van der Waals surface area contributed by atoms with E-state index in [1.54, 1.807) is 12.3 Å². The summed E-state index contributed by atoms with van der Waals surface area (Å²) in [6.07, 6.45) is 4.96. The van der Waals surface area contributed by atoms with Gasteiger partial charge in [-0.1, -0.05) is 35.7 Å². The summed E-state index contributed by atoms with van der Waals surface area (Å²) >= 11 is 12.3. The molecular formula is C20H21Cl2N5O. The molecule has 2 atom stereocenters. The van der Waals surface area contributed by atoms with Gasteiger partial charge in [0, 0.05) is 17.1 Å². The Bertz CT molecular complexity index is 984. The number of amides is 2. The summed E-state index contributed by atoms with van der Waals surface area (Å²) in [6.45, 7) is 0.933. The van der Waals surface area contributed by atoms with Gasteiger partial charge in [0.2, 0.25) is 0 Å². The van der Waals surface area contributed by atoms with Gasteiger partial charge in [-0.2, -0.15) is 5.10 Å². The Morgan fingerprint density at radius 2 is 2.04 bits per heavy atom. The molecule has 1 aliphatic rings. The molecule has 1 fully saturated rings. The molecule has 8 heteroatoms. The maximum Gasteiger partial charge on any atom is 0.319 e. The van der Waals surface area contributed by atoms with Crippen LogP contribution in [0.4, 0.5) is 10.5 Å². The van der Waals surface area contributed by atoms with Crippen molar-refractivity contribution in [1.29, 1.82) is 0 Å². The van der Waals surface area contributed by atoms with Gasteiger partial charge in [0.1, 0.15) is 0 Å². The van der Waals surface area contributed by atoms with Crippen LogP contribution in [-0.2, 0) is 0 Å². The van der Waals surface area contributed by atoms with E-state index in [1.165, 1.54) is 0 Å². The van der Waals surface area contributed by atoms with Gasteiger partial charge < -0.3 is 16.0 Å². The molecule has 6 nitrogen and oxygen atoms in total. The lowest BCUT2D eigenvalue weighted by Crippen LogP contribution is -2.47. The maximum atomic E-state index is 12.7. The number of carbonyl (C=O) groups is 1. The number of carbonyl (C=O) groups excluding carboxylic acids is 1. The normalized spacial score (nSPS) is 18.0. The number of anilines is 1. The average Bonchev–Trinajstić information content (AvgIpc) is 3.17. The Labute approximate surface area is 173 Å². The number of rotatable bonds is 4. The van der Waals surface area contributed by atoms with Crippen molar-refractivity contribution in [3.63, 3.8) is 0 Å². The van der Waals surface area contributed by atoms with E-state index in [4.69, 9.17) is 23.2 Å². The fraction of sp³-hybridized carbons (Fsp3) is 0.300. The van der Waals surface area contributed by atoms with Crippen LogP contribution in [0.25, 0.3) is 10.9 Å². The minimum atomic E-state index is -0.272. The van der Waals surface area contributed by atoms with Crippen molar-refractivity contribution >= 4 is 45.8 Å². The first-order chi connectivity index (χ1) is 13.6. The first-order valence-electron chi connectivity index (χ1n) is 9.29. The summed E-state index contributed by atoms with van der Waals surface area (Å²) in [7, 11) is 0. The lowest BCUT2D eigenvalue weighted by molar-refractivity contribution is 0.240. The summed E-state index contributed by atoms with van der Waals surface area (Å²) in [6, 6.07) is 10.7. The van der Waals surface area contributed by atoms with E-state index in [0.717, 1.165) is 42.3 Å². The van der Waals surface area contributed by atoms with Crippen molar-refractivity contribution in [2.75, 3.05) is 11.9 Å². The van der Waals surface area contributed by atoms with Crippen LogP contribution in [0, 0.1) is 0 Å². The van der Waals surface area contributed by atoms with Crippen molar-refractivity contribution in [2.45, 2.75) is 31.3 Å². The maximum absolute atomic E-state index is 12.7. The van der Waals surface area contributed by atoms with E-state index in [0.29, 0.717) is 15.7 Å². The molecule has 2 heterocycles. The number of hydrogen-bond acceptors (Lipinski definition) is 3. The highest BCUT2D eigenvalue weighted by Gasteiger charge is 2.27. The van der Waals surface area contributed by atoms with Crippen LogP contribution in [0.3, 0.4) is 0 Å². The molecule has 4 N–H and O–H groups in total. The smallest absolute Gasteiger partial charge is 0.319 e. The third-order valence-corrected chi connectivity index (χ3v) is 5.78. The Balaban J connectivity index is 1.53. The summed E-state index contributed by atoms with van der Waals surface area (Å²) in [5.74, 6) is 0. The SMILES string of the molecule is O=C(Nc1ccc2[nH]ncc2c1)N[C@@H](c1ccc(Cl)c(Cl)c1)[C@@H]1CCCCN1. The number of aromatic amines is 1. The number of aromatic nitrogens is 2. The molecule has 0 radical (unpaired) electrons. The molecule has 1 aliphatic heterocycles. The van der Waals surface area contributed by atoms with E-state index < -0.39 is 0 Å². The van der Waals surface area contributed by atoms with Crippen LogP contribution in [0.1, 0.15) is 30.9 Å². The highest BCUT2D eigenvalue weighted by Crippen LogP contribution is 2.29. The van der Waals surface area contributed by atoms with Crippen molar-refractivity contribution < 1.29 is 4.79 Å². The number of piperidine rings is 1. The van der Waals surface area contributed by atoms with Crippen molar-refractivity contribution in [2.24, 2.45) is 0 Å². The summed E-state index contributed by atoms with van der Waals surface area (Å²) in [4.78, 5) is 12.7. The third kappa shape index (κ3) is 4.24. The largest absolute Gasteiger partial charge is 0.329 e. The summed E-state index contributed by atoms with van der Waals surface area (Å²) in [5, 5.41) is 18.3. The van der Waals surface area contributed by atoms with Crippen molar-refractivity contribution in [1.82, 2.24) is 20.8 Å². The van der Waals surface area contributed by atoms with Crippen LogP contribution in [0.5, 0.6) is 0 Å². The van der Waals surface area contributed by atoms with Crippen LogP contribution < -0.4 is 16.0 Å². The van der Waals surface area contributed by atoms with E-state index in [9.17, 15) is 4.79 Å². The third-order valence-electron chi connectivity index (χ3n) is 5.04. The van der Waals surface area contributed by atoms with E-state index in [2.05, 4.69) is 26.1 Å². The number of urea groups is 1. The van der Waals surface area contributed by atoms with Gasteiger partial charge in [-0.3, -0.25) is 5.10 Å². The molecule has 0 spiro atoms. The zero-order valence-electron chi connectivity index (χ0n) is 15.1. The van der Waals surface area contributed by atoms with Gasteiger partial charge >= 0.3 is 6.03 Å². The lowest BCUT2D eigenvalue weighted by Gasteiger charge is -2.32. The zero-order valence-corrected chi connectivity index (χ0v) is 16.6. The molecule has 0 bridgehead atoms. The first kappa shape index (κ1) is 19.1. The highest BCUT2D eigenvalue weighted by molar-refractivity contribution is 6.42. The van der Waals surface area contributed by atoms with Crippen molar-refractivity contribution in [3.8, 4) is 0 Å². The number of nitrogens with zero attached hydrogens (tertiary/aromatic N) is 1. The molecule has 2 amide bonds. The Morgan fingerprint density at radius 1 is 1.14 bits per heavy atom. The van der Waals surface area contributed by atoms with Gasteiger partial charge in [-0.25, -0.2) is 4.79 Å². The minimum absolute atomic E-state index is 0.132. The molecule has 1 saturated heterocycles. The molecule has 2 aromatic carbocycles. The van der Waals surface area contributed by atoms with E-state index >= 15 is 0 Å². The van der Waals surface area contributed by atoms with Crippen LogP contribution in [0.15, 0.2) is 42.6 Å². The van der Waals surface area contributed by atoms with Gasteiger partial charge in [0.15, 0.2) is 0 Å². The number of nitrogens with one attached hydrogen (secondary N) is 4. The molecule has 0 aliphatic carbocycles. The predicted octanol–water partition coefficient (Wildman–Crippen LogP) is 4.87. The van der Waals surface area contributed by atoms with Gasteiger partial charge in [-0.05, 0) is 55.3 Å². The van der Waals surface area contributed by atoms with Gasteiger partial charge in [0.25, 0.3) is 0 Å². The van der Waals surface area contributed by atoms with Crippen molar-refractivity contribution in [3.05, 3.63) is 58.2 Å². The minimum Gasteiger partial charge on any atom is -0.329 e. The molecule has 1 aromatic heterocycles. The molecule has 3 aromatic rings. The number of halogens is 2. The topological polar surface area (TPSA) is 81.8 Å². The second-order valence-corrected chi connectivity index (χ2v) is 7.79. The number of H-pyrrole nitrogens is 1. The summed E-state index contributed by atoms with van der Waals surface area (Å²) < 4.78 is 0. The average molecular weight is 418 g/mol. The Hall–Kier alpha value is -2.28. The molecule has 4 rings (SSSR count). The zero-order chi connectivity index (χ0) is 19.5. The molecule has 0 unspecified atom stereocenters. The lowest BCUT2D eigenvalue weighted by atomic mass is 9.92. The predicted molar refractivity (Wildman–Crippen MR) is 113 cm³/mol.